The lowest BCUT2D eigenvalue weighted by atomic mass is 9.97. The average molecular weight is 620 g/mol. The van der Waals surface area contributed by atoms with Gasteiger partial charge in [0.15, 0.2) is 17.9 Å². The zero-order valence-electron chi connectivity index (χ0n) is 27.1. The number of aldehydes is 1. The van der Waals surface area contributed by atoms with Crippen LogP contribution in [0.4, 0.5) is 16.0 Å². The number of hydrogen-bond donors (Lipinski definition) is 1. The van der Waals surface area contributed by atoms with Crippen LogP contribution >= 0.6 is 0 Å². The minimum Gasteiger partial charge on any atom is -0.478 e. The fourth-order valence-corrected chi connectivity index (χ4v) is 4.88. The van der Waals surface area contributed by atoms with Crippen molar-refractivity contribution in [2.24, 2.45) is 0 Å². The Morgan fingerprint density at radius 3 is 2.29 bits per heavy atom. The number of amides is 2. The molecular formula is C34H42FN5O5. The van der Waals surface area contributed by atoms with Crippen molar-refractivity contribution >= 4 is 35.7 Å². The molecule has 3 rings (SSSR count). The number of imide groups is 1. The molecule has 0 spiro atoms. The van der Waals surface area contributed by atoms with Gasteiger partial charge in [0.1, 0.15) is 11.4 Å². The standard InChI is InChI=1S/C32H36FN5O5.C2H6/c1-6-22(4)37(18-26(19-39)32(42)43)29-21(3)15-28(33)30(35-29)36-13-11-24(12-14-36)25(16-34)17-38(23(5)40)31(41)27-10-8-7-9-20(27)2;1-2/h7-10,15,18-19,22H,6,11-14,17H2,1-5H3,(H,42,43);1-2H3/b26-18+;. The molecule has 1 unspecified atom stereocenters. The third kappa shape index (κ3) is 8.85. The maximum absolute atomic E-state index is 15.2. The zero-order chi connectivity index (χ0) is 33.8. The van der Waals surface area contributed by atoms with Crippen LogP contribution < -0.4 is 9.80 Å². The number of carboxylic acid groups (broad SMARTS) is 1. The van der Waals surface area contributed by atoms with Crippen LogP contribution in [0.15, 0.2) is 53.3 Å². The molecule has 10 nitrogen and oxygen atoms in total. The second kappa shape index (κ2) is 16.9. The summed E-state index contributed by atoms with van der Waals surface area (Å²) in [5.74, 6) is -2.48. The Morgan fingerprint density at radius 2 is 1.78 bits per heavy atom. The molecule has 1 aromatic heterocycles. The van der Waals surface area contributed by atoms with Gasteiger partial charge >= 0.3 is 5.97 Å². The largest absolute Gasteiger partial charge is 0.478 e. The van der Waals surface area contributed by atoms with E-state index in [0.717, 1.165) is 16.0 Å². The van der Waals surface area contributed by atoms with E-state index in [-0.39, 0.29) is 24.7 Å². The Hall–Kier alpha value is -4.85. The summed E-state index contributed by atoms with van der Waals surface area (Å²) >= 11 is 0. The molecule has 1 N–H and O–H groups in total. The maximum atomic E-state index is 15.2. The highest BCUT2D eigenvalue weighted by Gasteiger charge is 2.27. The van der Waals surface area contributed by atoms with Crippen LogP contribution in [0.1, 0.15) is 75.4 Å². The highest BCUT2D eigenvalue weighted by Crippen LogP contribution is 2.31. The number of hydrogen-bond acceptors (Lipinski definition) is 8. The van der Waals surface area contributed by atoms with E-state index in [0.29, 0.717) is 54.9 Å². The van der Waals surface area contributed by atoms with Gasteiger partial charge in [0, 0.05) is 43.4 Å². The summed E-state index contributed by atoms with van der Waals surface area (Å²) in [5, 5.41) is 19.3. The van der Waals surface area contributed by atoms with E-state index >= 15 is 4.39 Å². The number of nitriles is 1. The molecule has 0 bridgehead atoms. The lowest BCUT2D eigenvalue weighted by Gasteiger charge is -2.33. The molecule has 11 heteroatoms. The van der Waals surface area contributed by atoms with Gasteiger partial charge in [-0.25, -0.2) is 14.2 Å². The highest BCUT2D eigenvalue weighted by molar-refractivity contribution is 6.07. The number of aromatic nitrogens is 1. The first-order chi connectivity index (χ1) is 21.4. The van der Waals surface area contributed by atoms with Crippen LogP contribution in [0.2, 0.25) is 0 Å². The average Bonchev–Trinajstić information content (AvgIpc) is 3.03. The molecule has 1 fully saturated rings. The van der Waals surface area contributed by atoms with E-state index in [1.54, 1.807) is 47.9 Å². The van der Waals surface area contributed by atoms with Gasteiger partial charge in [-0.3, -0.25) is 19.3 Å². The van der Waals surface area contributed by atoms with Crippen molar-refractivity contribution in [3.63, 3.8) is 0 Å². The molecule has 1 aromatic carbocycles. The predicted molar refractivity (Wildman–Crippen MR) is 171 cm³/mol. The monoisotopic (exact) mass is 619 g/mol. The minimum atomic E-state index is -1.38. The fourth-order valence-electron chi connectivity index (χ4n) is 4.88. The zero-order valence-corrected chi connectivity index (χ0v) is 27.1. The number of aliphatic carboxylic acids is 1. The van der Waals surface area contributed by atoms with Crippen molar-refractivity contribution in [1.29, 1.82) is 5.26 Å². The molecule has 2 heterocycles. The third-order valence-corrected chi connectivity index (χ3v) is 7.63. The Balaban J connectivity index is 0.00000345. The molecule has 2 amide bonds. The van der Waals surface area contributed by atoms with Gasteiger partial charge in [0.2, 0.25) is 5.91 Å². The first-order valence-corrected chi connectivity index (χ1v) is 15.0. The van der Waals surface area contributed by atoms with Gasteiger partial charge in [0.05, 0.1) is 12.6 Å². The predicted octanol–water partition coefficient (Wildman–Crippen LogP) is 5.75. The molecule has 1 aliphatic rings. The highest BCUT2D eigenvalue weighted by atomic mass is 19.1. The number of piperidine rings is 1. The number of aryl methyl sites for hydroxylation is 2. The summed E-state index contributed by atoms with van der Waals surface area (Å²) < 4.78 is 15.2. The number of carbonyl (C=O) groups excluding carboxylic acids is 3. The van der Waals surface area contributed by atoms with Crippen LogP contribution in [-0.4, -0.2) is 64.7 Å². The summed E-state index contributed by atoms with van der Waals surface area (Å²) in [7, 11) is 0. The number of anilines is 2. The number of nitrogens with zero attached hydrogens (tertiary/aromatic N) is 5. The molecule has 240 valence electrons. The van der Waals surface area contributed by atoms with Crippen LogP contribution in [0.5, 0.6) is 0 Å². The fraction of sp³-hybridized carbons (Fsp3) is 0.412. The lowest BCUT2D eigenvalue weighted by Crippen LogP contribution is -2.38. The second-order valence-electron chi connectivity index (χ2n) is 10.5. The molecule has 45 heavy (non-hydrogen) atoms. The van der Waals surface area contributed by atoms with Gasteiger partial charge in [0.25, 0.3) is 5.91 Å². The summed E-state index contributed by atoms with van der Waals surface area (Å²) in [6.45, 7) is 13.0. The number of pyridine rings is 1. The molecular weight excluding hydrogens is 577 g/mol. The smallest absolute Gasteiger partial charge is 0.340 e. The Morgan fingerprint density at radius 1 is 1.16 bits per heavy atom. The molecule has 0 radical (unpaired) electrons. The maximum Gasteiger partial charge on any atom is 0.340 e. The minimum absolute atomic E-state index is 0.0722. The summed E-state index contributed by atoms with van der Waals surface area (Å²) in [6, 6.07) is 10.2. The van der Waals surface area contributed by atoms with E-state index < -0.39 is 29.2 Å². The number of carboxylic acids is 1. The van der Waals surface area contributed by atoms with E-state index in [4.69, 9.17) is 0 Å². The molecule has 0 aliphatic carbocycles. The molecule has 1 saturated heterocycles. The quantitative estimate of drug-likeness (QED) is 0.116. The van der Waals surface area contributed by atoms with Crippen LogP contribution in [0.3, 0.4) is 0 Å². The van der Waals surface area contributed by atoms with E-state index in [1.165, 1.54) is 19.2 Å². The molecule has 1 aliphatic heterocycles. The Labute approximate surface area is 264 Å². The van der Waals surface area contributed by atoms with E-state index in [9.17, 15) is 29.5 Å². The normalized spacial score (nSPS) is 13.5. The van der Waals surface area contributed by atoms with Crippen LogP contribution in [0, 0.1) is 31.0 Å². The molecule has 2 aromatic rings. The molecule has 1 atom stereocenters. The SMILES string of the molecule is CC.CCC(C)N(/C=C(\C=O)C(=O)O)c1nc(N2CCC(=C(C#N)CN(C(C)=O)C(=O)c3ccccc3C)CC2)c(F)cc1C. The van der Waals surface area contributed by atoms with Crippen molar-refractivity contribution in [2.75, 3.05) is 29.4 Å². The topological polar surface area (TPSA) is 135 Å². The van der Waals surface area contributed by atoms with Crippen molar-refractivity contribution in [2.45, 2.75) is 73.8 Å². The first-order valence-electron chi connectivity index (χ1n) is 15.0. The third-order valence-electron chi connectivity index (χ3n) is 7.63. The van der Waals surface area contributed by atoms with E-state index in [1.807, 2.05) is 27.7 Å². The molecule has 0 saturated carbocycles. The van der Waals surface area contributed by atoms with Gasteiger partial charge in [-0.05, 0) is 63.3 Å². The van der Waals surface area contributed by atoms with Crippen molar-refractivity contribution in [1.82, 2.24) is 9.88 Å². The van der Waals surface area contributed by atoms with Gasteiger partial charge in [-0.15, -0.1) is 0 Å². The van der Waals surface area contributed by atoms with E-state index in [2.05, 4.69) is 11.1 Å². The summed E-state index contributed by atoms with van der Waals surface area (Å²) in [4.78, 5) is 57.5. The Kier molecular flexibility index (Phi) is 13.6. The van der Waals surface area contributed by atoms with Crippen LogP contribution in [0.25, 0.3) is 0 Å². The van der Waals surface area contributed by atoms with Gasteiger partial charge < -0.3 is 14.9 Å². The summed E-state index contributed by atoms with van der Waals surface area (Å²) in [6.07, 6.45) is 2.86. The summed E-state index contributed by atoms with van der Waals surface area (Å²) in [5.41, 5.74) is 2.22. The van der Waals surface area contributed by atoms with Crippen molar-refractivity contribution in [3.05, 3.63) is 75.8 Å². The van der Waals surface area contributed by atoms with Gasteiger partial charge in [-0.2, -0.15) is 5.26 Å². The van der Waals surface area contributed by atoms with Gasteiger partial charge in [-0.1, -0.05) is 44.5 Å². The van der Waals surface area contributed by atoms with Crippen molar-refractivity contribution < 1.29 is 28.7 Å². The lowest BCUT2D eigenvalue weighted by molar-refractivity contribution is -0.133. The van der Waals surface area contributed by atoms with Crippen molar-refractivity contribution in [3.8, 4) is 6.07 Å². The second-order valence-corrected chi connectivity index (χ2v) is 10.5. The number of carbonyl (C=O) groups is 4. The number of benzene rings is 1. The Bertz CT molecular complexity index is 1520. The number of rotatable bonds is 10. The van der Waals surface area contributed by atoms with Crippen LogP contribution in [-0.2, 0) is 14.4 Å². The number of halogens is 1. The first kappa shape index (κ1) is 36.3.